The Bertz CT molecular complexity index is 489. The minimum absolute atomic E-state index is 0.714. The van der Waals surface area contributed by atoms with Crippen LogP contribution in [-0.4, -0.2) is 8.56 Å². The van der Waals surface area contributed by atoms with Crippen molar-refractivity contribution in [2.75, 3.05) is 11.5 Å². The summed E-state index contributed by atoms with van der Waals surface area (Å²) in [6.07, 6.45) is 0. The van der Waals surface area contributed by atoms with E-state index in [4.69, 9.17) is 20.3 Å². The first-order valence-electron chi connectivity index (χ1n) is 6.04. The van der Waals surface area contributed by atoms with Crippen molar-refractivity contribution in [2.24, 2.45) is 0 Å². The molecular weight excluding hydrogens is 256 g/mol. The van der Waals surface area contributed by atoms with Crippen LogP contribution in [0.5, 0.6) is 11.5 Å². The molecule has 2 rings (SSSR count). The molecule has 0 unspecified atom stereocenters. The summed E-state index contributed by atoms with van der Waals surface area (Å²) in [5, 5.41) is 0. The standard InChI is InChI=1S/C14H18N2O2Si/c1-19(2,17-13-7-3-11(15)4-8-13)18-14-9-5-12(16)6-10-14/h3-10H,15-16H2,1-2H3. The first-order valence-corrected chi connectivity index (χ1v) is 8.85. The van der Waals surface area contributed by atoms with E-state index in [1.54, 1.807) is 0 Å². The van der Waals surface area contributed by atoms with Crippen LogP contribution >= 0.6 is 0 Å². The summed E-state index contributed by atoms with van der Waals surface area (Å²) in [5.41, 5.74) is 12.7. The molecule has 0 saturated carbocycles. The fourth-order valence-corrected chi connectivity index (χ4v) is 3.11. The molecular formula is C14H18N2O2Si. The summed E-state index contributed by atoms with van der Waals surface area (Å²) in [7, 11) is -2.30. The summed E-state index contributed by atoms with van der Waals surface area (Å²) >= 11 is 0. The molecule has 0 aromatic heterocycles. The van der Waals surface area contributed by atoms with Crippen LogP contribution in [0.25, 0.3) is 0 Å². The van der Waals surface area contributed by atoms with Crippen molar-refractivity contribution in [3.05, 3.63) is 48.5 Å². The summed E-state index contributed by atoms with van der Waals surface area (Å²) < 4.78 is 11.8. The third-order valence-corrected chi connectivity index (χ3v) is 3.94. The van der Waals surface area contributed by atoms with Gasteiger partial charge >= 0.3 is 8.56 Å². The number of anilines is 2. The molecule has 0 heterocycles. The van der Waals surface area contributed by atoms with Crippen LogP contribution in [0.4, 0.5) is 11.4 Å². The molecule has 5 heteroatoms. The SMILES string of the molecule is C[Si](C)(Oc1ccc(N)cc1)Oc1ccc(N)cc1. The molecule has 4 N–H and O–H groups in total. The highest BCUT2D eigenvalue weighted by molar-refractivity contribution is 6.66. The molecule has 0 radical (unpaired) electrons. The lowest BCUT2D eigenvalue weighted by molar-refractivity contribution is 0.400. The highest BCUT2D eigenvalue weighted by atomic mass is 28.4. The number of rotatable bonds is 4. The first kappa shape index (κ1) is 13.3. The van der Waals surface area contributed by atoms with Gasteiger partial charge in [-0.05, 0) is 48.5 Å². The van der Waals surface area contributed by atoms with Gasteiger partial charge in [-0.15, -0.1) is 0 Å². The van der Waals surface area contributed by atoms with Crippen molar-refractivity contribution in [3.8, 4) is 11.5 Å². The summed E-state index contributed by atoms with van der Waals surface area (Å²) in [6, 6.07) is 14.6. The third-order valence-electron chi connectivity index (χ3n) is 2.49. The Kier molecular flexibility index (Phi) is 3.66. The molecule has 0 bridgehead atoms. The summed E-state index contributed by atoms with van der Waals surface area (Å²) in [4.78, 5) is 0. The van der Waals surface area contributed by atoms with Crippen molar-refractivity contribution in [1.82, 2.24) is 0 Å². The third kappa shape index (κ3) is 3.92. The molecule has 2 aromatic rings. The summed E-state index contributed by atoms with van der Waals surface area (Å²) in [6.45, 7) is 3.97. The van der Waals surface area contributed by atoms with E-state index >= 15 is 0 Å². The van der Waals surface area contributed by atoms with E-state index in [2.05, 4.69) is 0 Å². The average molecular weight is 274 g/mol. The second kappa shape index (κ2) is 5.24. The van der Waals surface area contributed by atoms with E-state index in [0.717, 1.165) is 11.5 Å². The number of benzene rings is 2. The van der Waals surface area contributed by atoms with Gasteiger partial charge in [0.15, 0.2) is 0 Å². The van der Waals surface area contributed by atoms with Gasteiger partial charge in [0.2, 0.25) is 0 Å². The smallest absolute Gasteiger partial charge is 0.454 e. The second-order valence-electron chi connectivity index (χ2n) is 4.74. The van der Waals surface area contributed by atoms with Crippen molar-refractivity contribution >= 4 is 19.9 Å². The number of hydrogen-bond acceptors (Lipinski definition) is 4. The van der Waals surface area contributed by atoms with E-state index in [1.165, 1.54) is 0 Å². The zero-order valence-corrected chi connectivity index (χ0v) is 12.1. The Balaban J connectivity index is 2.05. The zero-order chi connectivity index (χ0) is 13.9. The van der Waals surface area contributed by atoms with Crippen LogP contribution < -0.4 is 20.3 Å². The molecule has 0 amide bonds. The molecule has 0 fully saturated rings. The summed E-state index contributed by atoms with van der Waals surface area (Å²) in [5.74, 6) is 1.53. The lowest BCUT2D eigenvalue weighted by Crippen LogP contribution is -2.41. The molecule has 0 atom stereocenters. The predicted molar refractivity (Wildman–Crippen MR) is 80.4 cm³/mol. The van der Waals surface area contributed by atoms with Gasteiger partial charge in [0, 0.05) is 24.5 Å². The van der Waals surface area contributed by atoms with Crippen molar-refractivity contribution in [2.45, 2.75) is 13.1 Å². The second-order valence-corrected chi connectivity index (χ2v) is 7.95. The normalized spacial score (nSPS) is 11.1. The van der Waals surface area contributed by atoms with Gasteiger partial charge in [-0.1, -0.05) is 0 Å². The number of hydrogen-bond donors (Lipinski definition) is 2. The Morgan fingerprint density at radius 2 is 1.00 bits per heavy atom. The molecule has 0 aliphatic heterocycles. The Morgan fingerprint density at radius 1 is 0.684 bits per heavy atom. The Hall–Kier alpha value is -2.14. The predicted octanol–water partition coefficient (Wildman–Crippen LogP) is 3.01. The van der Waals surface area contributed by atoms with Gasteiger partial charge in [-0.25, -0.2) is 0 Å². The molecule has 19 heavy (non-hydrogen) atoms. The van der Waals surface area contributed by atoms with E-state index in [-0.39, 0.29) is 0 Å². The number of nitrogen functional groups attached to an aromatic ring is 2. The zero-order valence-electron chi connectivity index (χ0n) is 11.1. The van der Waals surface area contributed by atoms with Crippen LogP contribution in [0.1, 0.15) is 0 Å². The van der Waals surface area contributed by atoms with Crippen LogP contribution in [0.3, 0.4) is 0 Å². The van der Waals surface area contributed by atoms with Crippen LogP contribution in [0, 0.1) is 0 Å². The van der Waals surface area contributed by atoms with Gasteiger partial charge in [0.1, 0.15) is 11.5 Å². The fraction of sp³-hybridized carbons (Fsp3) is 0.143. The van der Waals surface area contributed by atoms with E-state index in [9.17, 15) is 0 Å². The molecule has 0 aliphatic carbocycles. The largest absolute Gasteiger partial charge is 0.512 e. The Morgan fingerprint density at radius 3 is 1.32 bits per heavy atom. The molecule has 100 valence electrons. The van der Waals surface area contributed by atoms with Gasteiger partial charge in [0.05, 0.1) is 0 Å². The molecule has 0 aliphatic rings. The van der Waals surface area contributed by atoms with Crippen LogP contribution in [0.15, 0.2) is 48.5 Å². The van der Waals surface area contributed by atoms with Crippen molar-refractivity contribution < 1.29 is 8.85 Å². The van der Waals surface area contributed by atoms with Crippen molar-refractivity contribution in [3.63, 3.8) is 0 Å². The van der Waals surface area contributed by atoms with E-state index < -0.39 is 8.56 Å². The van der Waals surface area contributed by atoms with Gasteiger partial charge in [-0.3, -0.25) is 0 Å². The topological polar surface area (TPSA) is 70.5 Å². The molecule has 0 saturated heterocycles. The quantitative estimate of drug-likeness (QED) is 0.664. The molecule has 2 aromatic carbocycles. The van der Waals surface area contributed by atoms with Gasteiger partial charge < -0.3 is 20.3 Å². The van der Waals surface area contributed by atoms with Gasteiger partial charge in [-0.2, -0.15) is 0 Å². The minimum atomic E-state index is -2.30. The maximum atomic E-state index is 5.92. The van der Waals surface area contributed by atoms with E-state index in [0.29, 0.717) is 11.4 Å². The molecule has 4 nitrogen and oxygen atoms in total. The Labute approximate surface area is 114 Å². The van der Waals surface area contributed by atoms with Gasteiger partial charge in [0.25, 0.3) is 0 Å². The average Bonchev–Trinajstić information content (AvgIpc) is 2.34. The number of nitrogens with two attached hydrogens (primary N) is 2. The lowest BCUT2D eigenvalue weighted by atomic mass is 10.3. The monoisotopic (exact) mass is 274 g/mol. The minimum Gasteiger partial charge on any atom is -0.512 e. The first-order chi connectivity index (χ1) is 8.94. The van der Waals surface area contributed by atoms with Crippen LogP contribution in [0.2, 0.25) is 13.1 Å². The maximum Gasteiger partial charge on any atom is 0.454 e. The fourth-order valence-electron chi connectivity index (χ4n) is 1.66. The van der Waals surface area contributed by atoms with E-state index in [1.807, 2.05) is 61.6 Å². The molecule has 0 spiro atoms. The highest BCUT2D eigenvalue weighted by Crippen LogP contribution is 2.22. The maximum absolute atomic E-state index is 5.92. The van der Waals surface area contributed by atoms with Crippen molar-refractivity contribution in [1.29, 1.82) is 0 Å². The highest BCUT2D eigenvalue weighted by Gasteiger charge is 2.29. The lowest BCUT2D eigenvalue weighted by Gasteiger charge is -2.24. The van der Waals surface area contributed by atoms with Crippen LogP contribution in [-0.2, 0) is 0 Å².